The molecule has 0 unspecified atom stereocenters. The molecule has 0 amide bonds. The molecule has 0 saturated heterocycles. The molecule has 1 heteroatoms. The summed E-state index contributed by atoms with van der Waals surface area (Å²) < 4.78 is 0. The van der Waals surface area contributed by atoms with Gasteiger partial charge in [-0.15, -0.1) is 0 Å². The minimum atomic E-state index is 0. The van der Waals surface area contributed by atoms with Crippen LogP contribution in [-0.4, -0.2) is 0 Å². The second-order valence-electron chi connectivity index (χ2n) is 3.01. The Labute approximate surface area is 97.2 Å². The first kappa shape index (κ1) is 13.2. The normalized spacial score (nSPS) is 8.36. The van der Waals surface area contributed by atoms with E-state index in [1.807, 2.05) is 30.3 Å². The van der Waals surface area contributed by atoms with Crippen molar-refractivity contribution < 1.29 is 17.1 Å². The summed E-state index contributed by atoms with van der Waals surface area (Å²) in [5.41, 5.74) is 1.47. The van der Waals surface area contributed by atoms with Crippen molar-refractivity contribution in [1.82, 2.24) is 0 Å². The summed E-state index contributed by atoms with van der Waals surface area (Å²) in [5.74, 6) is 0. The molecule has 2 rings (SSSR count). The van der Waals surface area contributed by atoms with E-state index >= 15 is 0 Å². The monoisotopic (exact) mass is 228 g/mol. The van der Waals surface area contributed by atoms with Crippen LogP contribution in [0.1, 0.15) is 18.9 Å². The largest absolute Gasteiger partial charge is 0.748 e. The van der Waals surface area contributed by atoms with Crippen molar-refractivity contribution in [2.45, 2.75) is 19.8 Å². The maximum atomic E-state index is 2.20. The van der Waals surface area contributed by atoms with Crippen LogP contribution >= 0.6 is 0 Å². The predicted octanol–water partition coefficient (Wildman–Crippen LogP) is 3.76. The molecular weight excluding hydrogens is 212 g/mol. The summed E-state index contributed by atoms with van der Waals surface area (Å²) in [5, 5.41) is 0. The zero-order chi connectivity index (χ0) is 9.36. The average molecular weight is 228 g/mol. The maximum absolute atomic E-state index is 2.20. The van der Waals surface area contributed by atoms with Crippen molar-refractivity contribution in [3.8, 4) is 0 Å². The van der Waals surface area contributed by atoms with Crippen LogP contribution in [0.2, 0.25) is 0 Å². The van der Waals surface area contributed by atoms with Crippen molar-refractivity contribution in [2.24, 2.45) is 0 Å². The molecule has 0 aromatic heterocycles. The molecule has 0 aliphatic carbocycles. The summed E-state index contributed by atoms with van der Waals surface area (Å²) in [6, 6.07) is 18.5. The van der Waals surface area contributed by atoms with Crippen LogP contribution in [-0.2, 0) is 23.5 Å². The van der Waals surface area contributed by atoms with Gasteiger partial charge in [0.1, 0.15) is 0 Å². The molecule has 0 atom stereocenters. The Morgan fingerprint density at radius 3 is 1.71 bits per heavy atom. The molecule has 0 aliphatic heterocycles. The Kier molecular flexibility index (Phi) is 8.31. The Balaban J connectivity index is 0.000000246. The Bertz CT molecular complexity index is 249. The van der Waals surface area contributed by atoms with Gasteiger partial charge in [-0.2, -0.15) is 17.7 Å². The van der Waals surface area contributed by atoms with Crippen LogP contribution in [0.15, 0.2) is 54.6 Å². The zero-order valence-corrected chi connectivity index (χ0v) is 9.57. The van der Waals surface area contributed by atoms with Crippen LogP contribution in [0.3, 0.4) is 0 Å². The standard InChI is InChI=1S/C8H11.C5H5.Fe/c1-2-5-8-6-3-4-7-8;1-2-4-5-3-1;/h3-4,6-7H,2,5H2,1H3;1-5H;/q-1;-5;. The van der Waals surface area contributed by atoms with Crippen molar-refractivity contribution in [1.29, 1.82) is 0 Å². The third-order valence-electron chi connectivity index (χ3n) is 1.83. The first-order valence-corrected chi connectivity index (χ1v) is 4.80. The van der Waals surface area contributed by atoms with Gasteiger partial charge in [-0.05, 0) is 0 Å². The molecule has 0 spiro atoms. The minimum absolute atomic E-state index is 0. The van der Waals surface area contributed by atoms with Gasteiger partial charge < -0.3 is 30.3 Å². The van der Waals surface area contributed by atoms with Crippen LogP contribution in [0.25, 0.3) is 0 Å². The summed E-state index contributed by atoms with van der Waals surface area (Å²) in [4.78, 5) is 0. The Hall–Kier alpha value is -0.781. The van der Waals surface area contributed by atoms with E-state index in [-0.39, 0.29) is 17.1 Å². The van der Waals surface area contributed by atoms with E-state index in [1.54, 1.807) is 0 Å². The fourth-order valence-electron chi connectivity index (χ4n) is 1.19. The minimum Gasteiger partial charge on any atom is -0.748 e. The van der Waals surface area contributed by atoms with E-state index in [1.165, 1.54) is 18.4 Å². The van der Waals surface area contributed by atoms with E-state index in [2.05, 4.69) is 31.2 Å². The van der Waals surface area contributed by atoms with Crippen LogP contribution < -0.4 is 0 Å². The van der Waals surface area contributed by atoms with Gasteiger partial charge in [-0.1, -0.05) is 19.8 Å². The summed E-state index contributed by atoms with van der Waals surface area (Å²) >= 11 is 0. The summed E-state index contributed by atoms with van der Waals surface area (Å²) in [6.45, 7) is 2.20. The van der Waals surface area contributed by atoms with Crippen LogP contribution in [0.4, 0.5) is 0 Å². The van der Waals surface area contributed by atoms with E-state index in [0.717, 1.165) is 0 Å². The van der Waals surface area contributed by atoms with Gasteiger partial charge in [-0.25, -0.2) is 12.1 Å². The molecule has 0 N–H and O–H groups in total. The quantitative estimate of drug-likeness (QED) is 0.542. The topological polar surface area (TPSA) is 0 Å². The van der Waals surface area contributed by atoms with Gasteiger partial charge in [-0.3, -0.25) is 0 Å². The van der Waals surface area contributed by atoms with Crippen LogP contribution in [0.5, 0.6) is 0 Å². The number of rotatable bonds is 2. The number of aryl methyl sites for hydroxylation is 1. The molecule has 0 aliphatic rings. The van der Waals surface area contributed by atoms with Gasteiger partial charge in [0.05, 0.1) is 0 Å². The van der Waals surface area contributed by atoms with Crippen molar-refractivity contribution in [2.75, 3.05) is 0 Å². The van der Waals surface area contributed by atoms with Crippen LogP contribution in [0, 0.1) is 0 Å². The third-order valence-corrected chi connectivity index (χ3v) is 1.83. The molecular formula is C13H16Fe-6. The molecule has 0 heterocycles. The molecule has 0 nitrogen and oxygen atoms in total. The van der Waals surface area contributed by atoms with E-state index in [0.29, 0.717) is 0 Å². The Morgan fingerprint density at radius 1 is 0.929 bits per heavy atom. The van der Waals surface area contributed by atoms with Gasteiger partial charge in [0.15, 0.2) is 0 Å². The molecule has 0 radical (unpaired) electrons. The van der Waals surface area contributed by atoms with Gasteiger partial charge in [0.25, 0.3) is 0 Å². The zero-order valence-electron chi connectivity index (χ0n) is 8.46. The van der Waals surface area contributed by atoms with E-state index in [4.69, 9.17) is 0 Å². The van der Waals surface area contributed by atoms with Gasteiger partial charge in [0.2, 0.25) is 0 Å². The predicted molar refractivity (Wildman–Crippen MR) is 58.1 cm³/mol. The molecule has 14 heavy (non-hydrogen) atoms. The smallest absolute Gasteiger partial charge is 0 e. The van der Waals surface area contributed by atoms with Gasteiger partial charge in [0, 0.05) is 17.1 Å². The third kappa shape index (κ3) is 5.80. The molecule has 0 saturated carbocycles. The number of hydrogen-bond acceptors (Lipinski definition) is 0. The first-order valence-electron chi connectivity index (χ1n) is 4.80. The second-order valence-corrected chi connectivity index (χ2v) is 3.01. The molecule has 0 bridgehead atoms. The molecule has 0 fully saturated rings. The summed E-state index contributed by atoms with van der Waals surface area (Å²) in [6.07, 6.45) is 2.48. The Morgan fingerprint density at radius 2 is 1.36 bits per heavy atom. The summed E-state index contributed by atoms with van der Waals surface area (Å²) in [7, 11) is 0. The fourth-order valence-corrected chi connectivity index (χ4v) is 1.19. The second kappa shape index (κ2) is 8.80. The average Bonchev–Trinajstić information content (AvgIpc) is 2.79. The van der Waals surface area contributed by atoms with E-state index in [9.17, 15) is 0 Å². The molecule has 2 aromatic carbocycles. The number of hydrogen-bond donors (Lipinski definition) is 0. The van der Waals surface area contributed by atoms with Gasteiger partial charge >= 0.3 is 0 Å². The van der Waals surface area contributed by atoms with Crippen molar-refractivity contribution in [3.05, 3.63) is 60.2 Å². The first-order chi connectivity index (χ1) is 6.43. The molecule has 2 aromatic rings. The SMILES string of the molecule is CCC[c-]1cccc1.[Fe].[cH-]1[cH-][cH-][cH-][cH-]1. The molecule has 82 valence electrons. The fraction of sp³-hybridized carbons (Fsp3) is 0.231. The maximum Gasteiger partial charge on any atom is 0 e. The van der Waals surface area contributed by atoms with Crippen molar-refractivity contribution >= 4 is 0 Å². The van der Waals surface area contributed by atoms with Crippen molar-refractivity contribution in [3.63, 3.8) is 0 Å². The van der Waals surface area contributed by atoms with E-state index < -0.39 is 0 Å².